The van der Waals surface area contributed by atoms with Crippen LogP contribution in [0.2, 0.25) is 0 Å². The molecule has 0 aromatic heterocycles. The van der Waals surface area contributed by atoms with Gasteiger partial charge in [-0.05, 0) is 19.8 Å². The van der Waals surface area contributed by atoms with Crippen LogP contribution in [0.25, 0.3) is 0 Å². The lowest BCUT2D eigenvalue weighted by Crippen LogP contribution is -2.25. The highest BCUT2D eigenvalue weighted by atomic mass is 31.2. The van der Waals surface area contributed by atoms with Crippen molar-refractivity contribution in [1.29, 1.82) is 0 Å². The Morgan fingerprint density at radius 2 is 2.18 bits per heavy atom. The second-order valence-electron chi connectivity index (χ2n) is 3.71. The van der Waals surface area contributed by atoms with E-state index >= 15 is 0 Å². The molecule has 0 saturated heterocycles. The lowest BCUT2D eigenvalue weighted by atomic mass is 10.1. The summed E-state index contributed by atoms with van der Waals surface area (Å²) in [5.41, 5.74) is -0.898. The lowest BCUT2D eigenvalue weighted by Gasteiger charge is -2.27. The highest BCUT2D eigenvalue weighted by molar-refractivity contribution is 7.53. The smallest absolute Gasteiger partial charge is 0.295 e. The minimum atomic E-state index is -3.26. The summed E-state index contributed by atoms with van der Waals surface area (Å²) in [6.45, 7) is 7.07. The normalized spacial score (nSPS) is 17.2. The molecule has 0 radical (unpaired) electrons. The van der Waals surface area contributed by atoms with E-state index in [2.05, 4.69) is 18.4 Å². The summed E-state index contributed by atoms with van der Waals surface area (Å²) in [6, 6.07) is 0. The van der Waals surface area contributed by atoms with Crippen LogP contribution in [0.1, 0.15) is 26.7 Å². The van der Waals surface area contributed by atoms with Crippen molar-refractivity contribution in [2.24, 2.45) is 0 Å². The van der Waals surface area contributed by atoms with Gasteiger partial charge in [0.15, 0.2) is 0 Å². The summed E-state index contributed by atoms with van der Waals surface area (Å²) < 4.78 is 23.0. The zero-order valence-corrected chi connectivity index (χ0v) is 11.3. The molecule has 0 fully saturated rings. The van der Waals surface area contributed by atoms with Crippen molar-refractivity contribution in [1.82, 2.24) is 0 Å². The predicted molar refractivity (Wildman–Crippen MR) is 70.7 cm³/mol. The topological polar surface area (TPSA) is 35.5 Å². The van der Waals surface area contributed by atoms with Crippen molar-refractivity contribution in [3.05, 3.63) is 12.7 Å². The largest absolute Gasteiger partial charge is 0.333 e. The highest BCUT2D eigenvalue weighted by Gasteiger charge is 2.33. The molecule has 0 N–H and O–H groups in total. The van der Waals surface area contributed by atoms with Gasteiger partial charge in [0.05, 0.1) is 6.16 Å². The zero-order chi connectivity index (χ0) is 13.4. The second-order valence-corrected chi connectivity index (χ2v) is 5.82. The molecule has 2 unspecified atom stereocenters. The van der Waals surface area contributed by atoms with Gasteiger partial charge >= 0.3 is 7.60 Å². The van der Waals surface area contributed by atoms with Crippen LogP contribution in [-0.2, 0) is 13.6 Å². The summed E-state index contributed by atoms with van der Waals surface area (Å²) >= 11 is 0. The number of rotatable bonds is 8. The van der Waals surface area contributed by atoms with E-state index < -0.39 is 13.2 Å². The fourth-order valence-electron chi connectivity index (χ4n) is 1.02. The van der Waals surface area contributed by atoms with Crippen molar-refractivity contribution >= 4 is 7.60 Å². The SMILES string of the molecule is C#CCOP(=O)(CCC=C)OC(C)(C#C)CC. The average Bonchev–Trinajstić information content (AvgIpc) is 2.34. The molecule has 0 spiro atoms. The van der Waals surface area contributed by atoms with Crippen molar-refractivity contribution in [2.75, 3.05) is 12.8 Å². The van der Waals surface area contributed by atoms with Gasteiger partial charge in [-0.3, -0.25) is 13.6 Å². The van der Waals surface area contributed by atoms with Gasteiger partial charge < -0.3 is 0 Å². The van der Waals surface area contributed by atoms with Crippen molar-refractivity contribution in [2.45, 2.75) is 32.3 Å². The molecule has 0 aliphatic carbocycles. The van der Waals surface area contributed by atoms with Crippen LogP contribution in [0.4, 0.5) is 0 Å². The number of terminal acetylenes is 2. The minimum absolute atomic E-state index is 0.0568. The average molecular weight is 254 g/mol. The van der Waals surface area contributed by atoms with Gasteiger partial charge in [0.2, 0.25) is 0 Å². The monoisotopic (exact) mass is 254 g/mol. The second kappa shape index (κ2) is 7.36. The van der Waals surface area contributed by atoms with E-state index in [-0.39, 0.29) is 12.8 Å². The molecule has 0 aliphatic heterocycles. The number of allylic oxidation sites excluding steroid dienone is 1. The molecule has 94 valence electrons. The van der Waals surface area contributed by atoms with E-state index in [0.29, 0.717) is 12.8 Å². The summed E-state index contributed by atoms with van der Waals surface area (Å²) in [5.74, 6) is 4.75. The molecule has 0 rings (SSSR count). The van der Waals surface area contributed by atoms with Crippen molar-refractivity contribution in [3.63, 3.8) is 0 Å². The third kappa shape index (κ3) is 5.76. The Bertz CT molecular complexity index is 375. The van der Waals surface area contributed by atoms with Gasteiger partial charge in [-0.15, -0.1) is 19.4 Å². The fraction of sp³-hybridized carbons (Fsp3) is 0.538. The van der Waals surface area contributed by atoms with Gasteiger partial charge in [-0.25, -0.2) is 0 Å². The molecule has 0 saturated carbocycles. The Hall–Kier alpha value is -0.990. The van der Waals surface area contributed by atoms with Crippen LogP contribution in [0.15, 0.2) is 12.7 Å². The highest BCUT2D eigenvalue weighted by Crippen LogP contribution is 2.52. The Kier molecular flexibility index (Phi) is 6.93. The third-order valence-corrected chi connectivity index (χ3v) is 4.28. The molecule has 4 heteroatoms. The fourth-order valence-corrected chi connectivity index (χ4v) is 2.86. The zero-order valence-electron chi connectivity index (χ0n) is 10.4. The molecule has 0 heterocycles. The maximum atomic E-state index is 12.4. The standard InChI is InChI=1S/C13H19O3P/c1-6-10-12-17(14,15-11-7-2)16-13(5,8-3)9-4/h2-3,6H,1,9-12H2,4-5H3. The summed E-state index contributed by atoms with van der Waals surface area (Å²) in [6.07, 6.45) is 13.4. The first-order chi connectivity index (χ1) is 7.95. The Labute approximate surface area is 104 Å². The Morgan fingerprint density at radius 1 is 1.53 bits per heavy atom. The van der Waals surface area contributed by atoms with Crippen LogP contribution in [-0.4, -0.2) is 18.4 Å². The van der Waals surface area contributed by atoms with Gasteiger partial charge in [0.1, 0.15) is 12.2 Å². The first kappa shape index (κ1) is 16.0. The molecule has 2 atom stereocenters. The molecule has 3 nitrogen and oxygen atoms in total. The van der Waals surface area contributed by atoms with Gasteiger partial charge in [0, 0.05) is 0 Å². The lowest BCUT2D eigenvalue weighted by molar-refractivity contribution is 0.112. The molecule has 0 bridgehead atoms. The van der Waals surface area contributed by atoms with E-state index in [1.807, 2.05) is 6.92 Å². The van der Waals surface area contributed by atoms with Gasteiger partial charge in [-0.2, -0.15) is 0 Å². The molecular weight excluding hydrogens is 235 g/mol. The van der Waals surface area contributed by atoms with Crippen molar-refractivity contribution in [3.8, 4) is 24.7 Å². The minimum Gasteiger partial charge on any atom is -0.295 e. The third-order valence-electron chi connectivity index (χ3n) is 2.27. The van der Waals surface area contributed by atoms with E-state index in [0.717, 1.165) is 0 Å². The quantitative estimate of drug-likeness (QED) is 0.379. The van der Waals surface area contributed by atoms with Crippen LogP contribution in [0.5, 0.6) is 0 Å². The van der Waals surface area contributed by atoms with E-state index in [4.69, 9.17) is 21.9 Å². The molecule has 0 aromatic carbocycles. The summed E-state index contributed by atoms with van der Waals surface area (Å²) in [7, 11) is -3.26. The molecule has 17 heavy (non-hydrogen) atoms. The van der Waals surface area contributed by atoms with Crippen molar-refractivity contribution < 1.29 is 13.6 Å². The predicted octanol–water partition coefficient (Wildman–Crippen LogP) is 3.22. The van der Waals surface area contributed by atoms with E-state index in [9.17, 15) is 4.57 Å². The van der Waals surface area contributed by atoms with Crippen LogP contribution < -0.4 is 0 Å². The van der Waals surface area contributed by atoms with E-state index in [1.165, 1.54) is 0 Å². The summed E-state index contributed by atoms with van der Waals surface area (Å²) in [5, 5.41) is 0. The Morgan fingerprint density at radius 3 is 2.59 bits per heavy atom. The molecular formula is C13H19O3P. The molecule has 0 aromatic rings. The maximum Gasteiger partial charge on any atom is 0.333 e. The number of hydrogen-bond donors (Lipinski definition) is 0. The molecule has 0 aliphatic rings. The first-order valence-corrected chi connectivity index (χ1v) is 7.14. The van der Waals surface area contributed by atoms with E-state index in [1.54, 1.807) is 13.0 Å². The van der Waals surface area contributed by atoms with Crippen LogP contribution in [0, 0.1) is 24.7 Å². The van der Waals surface area contributed by atoms with Gasteiger partial charge in [0.25, 0.3) is 0 Å². The summed E-state index contributed by atoms with van der Waals surface area (Å²) in [4.78, 5) is 0. The van der Waals surface area contributed by atoms with Crippen LogP contribution in [0.3, 0.4) is 0 Å². The maximum absolute atomic E-state index is 12.4. The first-order valence-electron chi connectivity index (χ1n) is 5.41. The number of hydrogen-bond acceptors (Lipinski definition) is 3. The Balaban J connectivity index is 4.81. The molecule has 0 amide bonds. The van der Waals surface area contributed by atoms with Crippen LogP contribution >= 0.6 is 7.60 Å². The van der Waals surface area contributed by atoms with Gasteiger partial charge in [-0.1, -0.05) is 24.8 Å².